The van der Waals surface area contributed by atoms with E-state index in [1.54, 1.807) is 0 Å². The van der Waals surface area contributed by atoms with Crippen LogP contribution < -0.4 is 0 Å². The molecule has 0 rings (SSSR count). The summed E-state index contributed by atoms with van der Waals surface area (Å²) < 4.78 is 33.7. The van der Waals surface area contributed by atoms with E-state index in [0.717, 1.165) is 0 Å². The van der Waals surface area contributed by atoms with Crippen molar-refractivity contribution >= 4 is 10.2 Å². The molecule has 0 spiro atoms. The predicted molar refractivity (Wildman–Crippen MR) is 25.6 cm³/mol. The highest BCUT2D eigenvalue weighted by Crippen LogP contribution is 2.06. The largest absolute Gasteiger partial charge is 0.269 e. The van der Waals surface area contributed by atoms with Gasteiger partial charge in [0.15, 0.2) is 6.17 Å². The molecule has 0 aliphatic carbocycles. The Morgan fingerprint density at radius 1 is 1.29 bits per heavy atom. The zero-order valence-corrected chi connectivity index (χ0v) is 6.00. The van der Waals surface area contributed by atoms with Crippen molar-refractivity contribution in [2.24, 2.45) is 0 Å². The van der Waals surface area contributed by atoms with Gasteiger partial charge in [-0.15, -0.1) is 0 Å². The van der Waals surface area contributed by atoms with Crippen LogP contribution in [0.4, 0.5) is 13.2 Å². The molecule has 0 N–H and O–H groups in total. The normalized spacial score (nSPS) is 15.4. The van der Waals surface area contributed by atoms with Gasteiger partial charge in [0.25, 0.3) is 6.43 Å². The Balaban J connectivity index is 3.14. The lowest BCUT2D eigenvalue weighted by molar-refractivity contribution is 0.0606. The summed E-state index contributed by atoms with van der Waals surface area (Å²) in [6.07, 6.45) is -4.64. The zero-order chi connectivity index (χ0) is 5.86. The number of halogens is 3. The number of rotatable bonds is 2. The van der Waals surface area contributed by atoms with E-state index in [9.17, 15) is 13.2 Å². The first-order valence-corrected chi connectivity index (χ1v) is 3.52. The molecule has 0 aliphatic heterocycles. The maximum absolute atomic E-state index is 11.5. The van der Waals surface area contributed by atoms with Gasteiger partial charge in [0.05, 0.1) is 0 Å². The van der Waals surface area contributed by atoms with Crippen LogP contribution in [0.3, 0.4) is 0 Å². The Hall–Kier alpha value is 0.00688. The van der Waals surface area contributed by atoms with Crippen molar-refractivity contribution < 1.29 is 13.2 Å². The van der Waals surface area contributed by atoms with Crippen LogP contribution in [-0.2, 0) is 0 Å². The fourth-order valence-corrected chi connectivity index (χ4v) is 0.535. The smallest absolute Gasteiger partial charge is 0.242 e. The molecule has 7 heavy (non-hydrogen) atoms. The Kier molecular flexibility index (Phi) is 3.07. The van der Waals surface area contributed by atoms with Crippen LogP contribution >= 0.6 is 0 Å². The number of hydrogen-bond acceptors (Lipinski definition) is 0. The second-order valence-corrected chi connectivity index (χ2v) is 2.08. The molecule has 0 nitrogen and oxygen atoms in total. The van der Waals surface area contributed by atoms with Crippen LogP contribution in [0.15, 0.2) is 0 Å². The van der Waals surface area contributed by atoms with Gasteiger partial charge in [0.1, 0.15) is 0 Å². The fourth-order valence-electron chi connectivity index (χ4n) is 0.178. The fraction of sp³-hybridized carbons (Fsp3) is 1.00. The molecule has 0 amide bonds. The monoisotopic (exact) mass is 128 g/mol. The van der Waals surface area contributed by atoms with E-state index in [1.165, 1.54) is 0 Å². The standard InChI is InChI=1S/C3H7F3Si/c4-2(1-7)3(5)6/h2-3H,1H2,7H3. The average Bonchev–Trinajstić information content (AvgIpc) is 1.65. The van der Waals surface area contributed by atoms with Gasteiger partial charge in [0, 0.05) is 10.2 Å². The first kappa shape index (κ1) is 7.01. The Labute approximate surface area is 43.1 Å². The van der Waals surface area contributed by atoms with E-state index < -0.39 is 12.6 Å². The molecule has 0 fully saturated rings. The highest BCUT2D eigenvalue weighted by atomic mass is 28.1. The molecule has 1 unspecified atom stereocenters. The SMILES string of the molecule is FC(F)C(F)C[SiH3]. The van der Waals surface area contributed by atoms with Crippen LogP contribution in [0.2, 0.25) is 6.04 Å². The van der Waals surface area contributed by atoms with E-state index >= 15 is 0 Å². The van der Waals surface area contributed by atoms with E-state index in [-0.39, 0.29) is 6.04 Å². The van der Waals surface area contributed by atoms with Gasteiger partial charge >= 0.3 is 0 Å². The van der Waals surface area contributed by atoms with Crippen molar-refractivity contribution in [1.82, 2.24) is 0 Å². The Bertz CT molecular complexity index is 47.4. The molecule has 0 saturated carbocycles. The van der Waals surface area contributed by atoms with Gasteiger partial charge in [-0.3, -0.25) is 0 Å². The molecule has 0 bridgehead atoms. The first-order chi connectivity index (χ1) is 3.18. The van der Waals surface area contributed by atoms with E-state index in [0.29, 0.717) is 10.2 Å². The van der Waals surface area contributed by atoms with Gasteiger partial charge in [0.2, 0.25) is 0 Å². The van der Waals surface area contributed by atoms with E-state index in [1.807, 2.05) is 0 Å². The minimum absolute atomic E-state index is 0.0394. The van der Waals surface area contributed by atoms with Crippen LogP contribution in [-0.4, -0.2) is 22.8 Å². The lowest BCUT2D eigenvalue weighted by Gasteiger charge is -1.99. The van der Waals surface area contributed by atoms with Crippen LogP contribution in [0.5, 0.6) is 0 Å². The minimum atomic E-state index is -2.77. The van der Waals surface area contributed by atoms with Gasteiger partial charge in [-0.05, 0) is 6.04 Å². The van der Waals surface area contributed by atoms with Gasteiger partial charge in [-0.2, -0.15) is 0 Å². The van der Waals surface area contributed by atoms with Gasteiger partial charge in [-0.1, -0.05) is 0 Å². The summed E-state index contributed by atoms with van der Waals surface area (Å²) in [5.41, 5.74) is 0. The molecule has 0 heterocycles. The molecule has 0 aliphatic rings. The number of alkyl halides is 3. The summed E-state index contributed by atoms with van der Waals surface area (Å²) in [5.74, 6) is 0. The third kappa shape index (κ3) is 2.67. The average molecular weight is 128 g/mol. The third-order valence-electron chi connectivity index (χ3n) is 0.663. The highest BCUT2D eigenvalue weighted by molar-refractivity contribution is 6.08. The highest BCUT2D eigenvalue weighted by Gasteiger charge is 2.14. The predicted octanol–water partition coefficient (Wildman–Crippen LogP) is 0.373. The molecule has 0 aromatic heterocycles. The first-order valence-electron chi connectivity index (χ1n) is 2.10. The molecule has 0 radical (unpaired) electrons. The van der Waals surface area contributed by atoms with Crippen molar-refractivity contribution in [3.8, 4) is 0 Å². The third-order valence-corrected chi connectivity index (χ3v) is 1.44. The van der Waals surface area contributed by atoms with Crippen LogP contribution in [0.1, 0.15) is 0 Å². The summed E-state index contributed by atoms with van der Waals surface area (Å²) in [4.78, 5) is 0. The molecule has 0 saturated heterocycles. The van der Waals surface area contributed by atoms with E-state index in [2.05, 4.69) is 0 Å². The quantitative estimate of drug-likeness (QED) is 0.471. The molecule has 0 aromatic rings. The van der Waals surface area contributed by atoms with Gasteiger partial charge in [-0.25, -0.2) is 13.2 Å². The molecule has 4 heteroatoms. The lowest BCUT2D eigenvalue weighted by Crippen LogP contribution is -2.09. The van der Waals surface area contributed by atoms with Crippen molar-refractivity contribution in [1.29, 1.82) is 0 Å². The molecule has 0 aromatic carbocycles. The maximum atomic E-state index is 11.5. The lowest BCUT2D eigenvalue weighted by atomic mass is 10.5. The summed E-state index contributed by atoms with van der Waals surface area (Å²) in [6.45, 7) is 0. The second-order valence-electron chi connectivity index (χ2n) is 1.26. The minimum Gasteiger partial charge on any atom is -0.242 e. The van der Waals surface area contributed by atoms with Crippen molar-refractivity contribution in [2.45, 2.75) is 18.6 Å². The molecule has 1 atom stereocenters. The van der Waals surface area contributed by atoms with Crippen LogP contribution in [0, 0.1) is 0 Å². The van der Waals surface area contributed by atoms with Crippen molar-refractivity contribution in [2.75, 3.05) is 0 Å². The summed E-state index contributed by atoms with van der Waals surface area (Å²) in [7, 11) is 0.516. The molecular weight excluding hydrogens is 121 g/mol. The summed E-state index contributed by atoms with van der Waals surface area (Å²) >= 11 is 0. The second kappa shape index (κ2) is 3.07. The summed E-state index contributed by atoms with van der Waals surface area (Å²) in [6, 6.07) is 0.0394. The molecular formula is C3H7F3Si. The van der Waals surface area contributed by atoms with Crippen molar-refractivity contribution in [3.05, 3.63) is 0 Å². The maximum Gasteiger partial charge on any atom is 0.269 e. The van der Waals surface area contributed by atoms with E-state index in [4.69, 9.17) is 0 Å². The van der Waals surface area contributed by atoms with Gasteiger partial charge < -0.3 is 0 Å². The molecule has 44 valence electrons. The number of hydrogen-bond donors (Lipinski definition) is 0. The summed E-state index contributed by atoms with van der Waals surface area (Å²) in [5, 5.41) is 0. The Morgan fingerprint density at radius 3 is 1.71 bits per heavy atom. The topological polar surface area (TPSA) is 0 Å². The zero-order valence-electron chi connectivity index (χ0n) is 4.00. The van der Waals surface area contributed by atoms with Crippen molar-refractivity contribution in [3.63, 3.8) is 0 Å². The Morgan fingerprint density at radius 2 is 1.71 bits per heavy atom. The van der Waals surface area contributed by atoms with Crippen LogP contribution in [0.25, 0.3) is 0 Å².